The van der Waals surface area contributed by atoms with Crippen molar-refractivity contribution < 1.29 is 13.2 Å². The molecule has 0 aliphatic rings. The zero-order chi connectivity index (χ0) is 14.3. The average molecular weight is 305 g/mol. The topological polar surface area (TPSA) is 88.2 Å². The number of aryl methyl sites for hydroxylation is 1. The summed E-state index contributed by atoms with van der Waals surface area (Å²) in [5.74, 6) is -0.165. The van der Waals surface area contributed by atoms with E-state index in [-0.39, 0.29) is 18.9 Å². The summed E-state index contributed by atoms with van der Waals surface area (Å²) in [6.07, 6.45) is 2.83. The van der Waals surface area contributed by atoms with Crippen LogP contribution in [-0.2, 0) is 27.7 Å². The second-order valence-corrected chi connectivity index (χ2v) is 6.88. The molecule has 1 heterocycles. The van der Waals surface area contributed by atoms with Crippen molar-refractivity contribution in [3.05, 3.63) is 16.1 Å². The number of carbonyl (C=O) groups is 1. The minimum Gasteiger partial charge on any atom is -0.356 e. The number of aromatic nitrogens is 1. The van der Waals surface area contributed by atoms with Crippen LogP contribution in [-0.4, -0.2) is 38.7 Å². The van der Waals surface area contributed by atoms with Crippen LogP contribution in [0.25, 0.3) is 0 Å². The third-order valence-corrected chi connectivity index (χ3v) is 4.09. The molecule has 0 unspecified atom stereocenters. The fraction of sp³-hybridized carbons (Fsp3) is 0.636. The molecule has 1 rings (SSSR count). The molecule has 0 aliphatic carbocycles. The lowest BCUT2D eigenvalue weighted by Crippen LogP contribution is -2.31. The number of nitrogens with one attached hydrogen (secondary N) is 2. The van der Waals surface area contributed by atoms with Crippen molar-refractivity contribution in [2.24, 2.45) is 0 Å². The van der Waals surface area contributed by atoms with Gasteiger partial charge in [0.25, 0.3) is 0 Å². The first-order valence-electron chi connectivity index (χ1n) is 6.05. The molecular formula is C11H19N3O3S2. The maximum atomic E-state index is 11.4. The molecule has 6 nitrogen and oxygen atoms in total. The van der Waals surface area contributed by atoms with E-state index < -0.39 is 10.0 Å². The molecule has 2 N–H and O–H groups in total. The number of rotatable bonds is 8. The van der Waals surface area contributed by atoms with Gasteiger partial charge in [-0.15, -0.1) is 11.3 Å². The monoisotopic (exact) mass is 305 g/mol. The van der Waals surface area contributed by atoms with Crippen LogP contribution in [0, 0.1) is 0 Å². The molecule has 1 aromatic rings. The molecule has 0 saturated heterocycles. The Hall–Kier alpha value is -0.990. The Bertz CT molecular complexity index is 511. The fourth-order valence-corrected chi connectivity index (χ4v) is 2.65. The van der Waals surface area contributed by atoms with E-state index in [1.54, 1.807) is 11.3 Å². The molecule has 0 radical (unpaired) electrons. The summed E-state index contributed by atoms with van der Waals surface area (Å²) in [5, 5.41) is 5.83. The van der Waals surface area contributed by atoms with Gasteiger partial charge in [0.2, 0.25) is 15.9 Å². The van der Waals surface area contributed by atoms with E-state index in [9.17, 15) is 13.2 Å². The van der Waals surface area contributed by atoms with Gasteiger partial charge in [-0.2, -0.15) is 0 Å². The van der Waals surface area contributed by atoms with Crippen LogP contribution in [0.2, 0.25) is 0 Å². The predicted molar refractivity (Wildman–Crippen MR) is 75.7 cm³/mol. The molecular weight excluding hydrogens is 286 g/mol. The first-order valence-corrected chi connectivity index (χ1v) is 8.82. The minimum atomic E-state index is -3.22. The van der Waals surface area contributed by atoms with E-state index in [0.717, 1.165) is 23.4 Å². The first kappa shape index (κ1) is 16.1. The van der Waals surface area contributed by atoms with Crippen LogP contribution in [0.15, 0.2) is 5.38 Å². The summed E-state index contributed by atoms with van der Waals surface area (Å²) in [7, 11) is -3.22. The summed E-state index contributed by atoms with van der Waals surface area (Å²) in [4.78, 5) is 15.8. The second kappa shape index (κ2) is 7.56. The normalized spacial score (nSPS) is 11.5. The van der Waals surface area contributed by atoms with E-state index in [1.807, 2.05) is 5.38 Å². The fourth-order valence-electron chi connectivity index (χ4n) is 1.39. The van der Waals surface area contributed by atoms with Crippen molar-refractivity contribution in [3.63, 3.8) is 0 Å². The first-order chi connectivity index (χ1) is 8.90. The van der Waals surface area contributed by atoms with Crippen LogP contribution >= 0.6 is 11.3 Å². The van der Waals surface area contributed by atoms with Gasteiger partial charge >= 0.3 is 0 Å². The maximum Gasteiger partial charge on any atom is 0.221 e. The molecule has 108 valence electrons. The summed E-state index contributed by atoms with van der Waals surface area (Å²) in [5.41, 5.74) is 0.983. The molecule has 0 bridgehead atoms. The van der Waals surface area contributed by atoms with E-state index in [2.05, 4.69) is 21.9 Å². The van der Waals surface area contributed by atoms with E-state index in [1.165, 1.54) is 0 Å². The van der Waals surface area contributed by atoms with Crippen LogP contribution in [0.5, 0.6) is 0 Å². The Kier molecular flexibility index (Phi) is 6.40. The highest BCUT2D eigenvalue weighted by Gasteiger charge is 2.05. The quantitative estimate of drug-likeness (QED) is 0.723. The van der Waals surface area contributed by atoms with Crippen molar-refractivity contribution in [2.75, 3.05) is 19.3 Å². The number of hydrogen-bond donors (Lipinski definition) is 2. The summed E-state index contributed by atoms with van der Waals surface area (Å²) >= 11 is 1.62. The van der Waals surface area contributed by atoms with Crippen LogP contribution in [0.3, 0.4) is 0 Å². The molecule has 0 atom stereocenters. The highest BCUT2D eigenvalue weighted by molar-refractivity contribution is 7.88. The molecule has 0 saturated carbocycles. The lowest BCUT2D eigenvalue weighted by Gasteiger charge is -2.04. The lowest BCUT2D eigenvalue weighted by atomic mass is 10.3. The van der Waals surface area contributed by atoms with Crippen molar-refractivity contribution in [1.82, 2.24) is 15.0 Å². The molecule has 0 fully saturated rings. The number of hydrogen-bond acceptors (Lipinski definition) is 5. The third-order valence-electron chi connectivity index (χ3n) is 2.32. The highest BCUT2D eigenvalue weighted by Crippen LogP contribution is 2.10. The average Bonchev–Trinajstić information content (AvgIpc) is 2.75. The Morgan fingerprint density at radius 2 is 2.16 bits per heavy atom. The van der Waals surface area contributed by atoms with Gasteiger partial charge < -0.3 is 5.32 Å². The number of carbonyl (C=O) groups excluding carboxylic acids is 1. The zero-order valence-corrected chi connectivity index (χ0v) is 12.7. The number of nitrogens with zero attached hydrogens (tertiary/aromatic N) is 1. The van der Waals surface area contributed by atoms with Crippen molar-refractivity contribution in [2.45, 2.75) is 26.2 Å². The lowest BCUT2D eigenvalue weighted by molar-refractivity contribution is -0.120. The number of sulfonamides is 1. The largest absolute Gasteiger partial charge is 0.356 e. The summed E-state index contributed by atoms with van der Waals surface area (Å²) in [6, 6.07) is 0. The second-order valence-electron chi connectivity index (χ2n) is 4.10. The highest BCUT2D eigenvalue weighted by atomic mass is 32.2. The van der Waals surface area contributed by atoms with Gasteiger partial charge in [0.15, 0.2) is 0 Å². The Balaban J connectivity index is 2.16. The molecule has 1 amide bonds. The maximum absolute atomic E-state index is 11.4. The van der Waals surface area contributed by atoms with Gasteiger partial charge in [-0.25, -0.2) is 18.1 Å². The van der Waals surface area contributed by atoms with Gasteiger partial charge in [0.05, 0.1) is 17.0 Å². The van der Waals surface area contributed by atoms with Gasteiger partial charge in [-0.3, -0.25) is 4.79 Å². The molecule has 0 spiro atoms. The number of thiazole rings is 1. The van der Waals surface area contributed by atoms with Crippen LogP contribution in [0.1, 0.15) is 24.0 Å². The van der Waals surface area contributed by atoms with E-state index in [4.69, 9.17) is 0 Å². The van der Waals surface area contributed by atoms with Gasteiger partial charge in [0.1, 0.15) is 0 Å². The predicted octanol–water partition coefficient (Wildman–Crippen LogP) is 0.303. The van der Waals surface area contributed by atoms with E-state index >= 15 is 0 Å². The Labute approximate surface area is 117 Å². The van der Waals surface area contributed by atoms with Crippen molar-refractivity contribution in [1.29, 1.82) is 0 Å². The van der Waals surface area contributed by atoms with Crippen LogP contribution in [0.4, 0.5) is 0 Å². The molecule has 0 aromatic carbocycles. The summed E-state index contributed by atoms with van der Waals surface area (Å²) in [6.45, 7) is 2.70. The van der Waals surface area contributed by atoms with Crippen molar-refractivity contribution >= 4 is 27.3 Å². The molecule has 8 heteroatoms. The Morgan fingerprint density at radius 3 is 2.74 bits per heavy atom. The van der Waals surface area contributed by atoms with Gasteiger partial charge in [-0.05, 0) is 6.42 Å². The van der Waals surface area contributed by atoms with Gasteiger partial charge in [0, 0.05) is 31.3 Å². The number of amides is 1. The van der Waals surface area contributed by atoms with Gasteiger partial charge in [-0.1, -0.05) is 6.92 Å². The molecule has 0 aliphatic heterocycles. The third kappa shape index (κ3) is 7.24. The smallest absolute Gasteiger partial charge is 0.221 e. The Morgan fingerprint density at radius 1 is 1.42 bits per heavy atom. The molecule has 19 heavy (non-hydrogen) atoms. The molecule has 1 aromatic heterocycles. The SMILES string of the molecule is CCc1nc(CCNC(=O)CCNS(C)(=O)=O)cs1. The zero-order valence-electron chi connectivity index (χ0n) is 11.1. The van der Waals surface area contributed by atoms with E-state index in [0.29, 0.717) is 13.0 Å². The summed E-state index contributed by atoms with van der Waals surface area (Å²) < 4.78 is 23.9. The standard InChI is InChI=1S/C11H19N3O3S2/c1-3-11-14-9(8-18-11)4-6-12-10(15)5-7-13-19(2,16)17/h8,13H,3-7H2,1-2H3,(H,12,15). The minimum absolute atomic E-state index is 0.126. The van der Waals surface area contributed by atoms with Crippen molar-refractivity contribution in [3.8, 4) is 0 Å². The van der Waals surface area contributed by atoms with Crippen LogP contribution < -0.4 is 10.0 Å².